The van der Waals surface area contributed by atoms with E-state index in [0.717, 1.165) is 35.0 Å². The van der Waals surface area contributed by atoms with Crippen LogP contribution in [0.15, 0.2) is 36.8 Å². The third-order valence-corrected chi connectivity index (χ3v) is 4.99. The summed E-state index contributed by atoms with van der Waals surface area (Å²) in [5.74, 6) is 0.848. The Kier molecular flexibility index (Phi) is 3.40. The Labute approximate surface area is 132 Å². The molecule has 0 amide bonds. The van der Waals surface area contributed by atoms with Gasteiger partial charge in [-0.2, -0.15) is 0 Å². The number of thiazole rings is 1. The second-order valence-electron chi connectivity index (χ2n) is 5.17. The van der Waals surface area contributed by atoms with Gasteiger partial charge in [-0.25, -0.2) is 9.97 Å². The number of H-pyrrole nitrogens is 1. The maximum atomic E-state index is 5.43. The van der Waals surface area contributed by atoms with Gasteiger partial charge in [-0.1, -0.05) is 12.1 Å². The van der Waals surface area contributed by atoms with Crippen LogP contribution in [-0.2, 0) is 6.42 Å². The first-order chi connectivity index (χ1) is 10.9. The molecule has 0 aliphatic carbocycles. The minimum absolute atomic E-state index is 0.121. The molecule has 0 bridgehead atoms. The number of fused-ring (bicyclic) bond motifs is 1. The van der Waals surface area contributed by atoms with E-state index in [0.29, 0.717) is 0 Å². The number of aromatic amines is 1. The predicted octanol–water partition coefficient (Wildman–Crippen LogP) is 2.78. The zero-order valence-corrected chi connectivity index (χ0v) is 13.0. The Bertz CT molecular complexity index is 795. The number of nitrogens with zero attached hydrogens (tertiary/aromatic N) is 2. The number of nitrogens with one attached hydrogen (secondary N) is 2. The molecule has 3 aromatic rings. The van der Waals surface area contributed by atoms with Gasteiger partial charge in [0.05, 0.1) is 30.7 Å². The fraction of sp³-hybridized carbons (Fsp3) is 0.250. The van der Waals surface area contributed by atoms with E-state index in [2.05, 4.69) is 20.3 Å². The van der Waals surface area contributed by atoms with Gasteiger partial charge in [0.15, 0.2) is 0 Å². The standard InChI is InChI=1S/C16H16N4OS/c1-21-12-5-3-2-4-10(12)16-18-8-13(22-16)15-14-11(6-7-17-15)19-9-20-14/h2-5,8-9,15,17H,6-7H2,1H3,(H,19,20)/t15-/m1/s1. The van der Waals surface area contributed by atoms with Crippen molar-refractivity contribution in [3.63, 3.8) is 0 Å². The fourth-order valence-electron chi connectivity index (χ4n) is 2.82. The predicted molar refractivity (Wildman–Crippen MR) is 86.2 cm³/mol. The Morgan fingerprint density at radius 2 is 2.18 bits per heavy atom. The first-order valence-electron chi connectivity index (χ1n) is 7.21. The molecule has 0 unspecified atom stereocenters. The van der Waals surface area contributed by atoms with Crippen LogP contribution < -0.4 is 10.1 Å². The molecule has 0 radical (unpaired) electrons. The van der Waals surface area contributed by atoms with Crippen LogP contribution in [0.4, 0.5) is 0 Å². The number of benzene rings is 1. The number of methoxy groups -OCH3 is 1. The Hall–Kier alpha value is -2.18. The minimum Gasteiger partial charge on any atom is -0.496 e. The normalized spacial score (nSPS) is 17.2. The van der Waals surface area contributed by atoms with Crippen LogP contribution in [-0.4, -0.2) is 28.6 Å². The Morgan fingerprint density at radius 3 is 3.09 bits per heavy atom. The van der Waals surface area contributed by atoms with Crippen molar-refractivity contribution in [2.45, 2.75) is 12.5 Å². The van der Waals surface area contributed by atoms with Crippen LogP contribution in [0.3, 0.4) is 0 Å². The monoisotopic (exact) mass is 312 g/mol. The van der Waals surface area contributed by atoms with Gasteiger partial charge in [-0.15, -0.1) is 11.3 Å². The van der Waals surface area contributed by atoms with Crippen molar-refractivity contribution in [1.29, 1.82) is 0 Å². The maximum Gasteiger partial charge on any atom is 0.129 e. The molecule has 0 saturated heterocycles. The first kappa shape index (κ1) is 13.5. The van der Waals surface area contributed by atoms with Crippen molar-refractivity contribution < 1.29 is 4.74 Å². The van der Waals surface area contributed by atoms with Crippen LogP contribution in [0, 0.1) is 0 Å². The summed E-state index contributed by atoms with van der Waals surface area (Å²) in [5, 5.41) is 4.50. The van der Waals surface area contributed by atoms with Gasteiger partial charge in [0.25, 0.3) is 0 Å². The molecule has 2 aromatic heterocycles. The van der Waals surface area contributed by atoms with Crippen LogP contribution in [0.1, 0.15) is 22.3 Å². The number of aromatic nitrogens is 3. The summed E-state index contributed by atoms with van der Waals surface area (Å²) in [7, 11) is 1.69. The van der Waals surface area contributed by atoms with Crippen molar-refractivity contribution >= 4 is 11.3 Å². The van der Waals surface area contributed by atoms with Gasteiger partial charge in [0.2, 0.25) is 0 Å². The van der Waals surface area contributed by atoms with Crippen molar-refractivity contribution in [2.75, 3.05) is 13.7 Å². The molecule has 1 aliphatic rings. The quantitative estimate of drug-likeness (QED) is 0.780. The van der Waals surface area contributed by atoms with Crippen molar-refractivity contribution in [3.8, 4) is 16.3 Å². The molecular formula is C16H16N4OS. The summed E-state index contributed by atoms with van der Waals surface area (Å²) in [4.78, 5) is 13.5. The van der Waals surface area contributed by atoms with Gasteiger partial charge in [-0.3, -0.25) is 0 Å². The van der Waals surface area contributed by atoms with Gasteiger partial charge >= 0.3 is 0 Å². The lowest BCUT2D eigenvalue weighted by Gasteiger charge is -2.21. The highest BCUT2D eigenvalue weighted by molar-refractivity contribution is 7.15. The number of hydrogen-bond acceptors (Lipinski definition) is 5. The largest absolute Gasteiger partial charge is 0.496 e. The highest BCUT2D eigenvalue weighted by Gasteiger charge is 2.25. The molecule has 6 heteroatoms. The highest BCUT2D eigenvalue weighted by Crippen LogP contribution is 2.36. The van der Waals surface area contributed by atoms with Crippen molar-refractivity contribution in [3.05, 3.63) is 53.1 Å². The van der Waals surface area contributed by atoms with E-state index in [-0.39, 0.29) is 6.04 Å². The van der Waals surface area contributed by atoms with E-state index in [1.165, 1.54) is 10.6 Å². The molecule has 5 nitrogen and oxygen atoms in total. The van der Waals surface area contributed by atoms with E-state index in [1.54, 1.807) is 24.8 Å². The van der Waals surface area contributed by atoms with E-state index >= 15 is 0 Å². The summed E-state index contributed by atoms with van der Waals surface area (Å²) < 4.78 is 5.43. The molecule has 1 aromatic carbocycles. The molecule has 1 aliphatic heterocycles. The highest BCUT2D eigenvalue weighted by atomic mass is 32.1. The van der Waals surface area contributed by atoms with Gasteiger partial charge in [0, 0.05) is 29.7 Å². The van der Waals surface area contributed by atoms with Gasteiger partial charge in [0.1, 0.15) is 10.8 Å². The molecule has 0 spiro atoms. The van der Waals surface area contributed by atoms with Crippen LogP contribution in [0.25, 0.3) is 10.6 Å². The number of rotatable bonds is 3. The van der Waals surface area contributed by atoms with Gasteiger partial charge in [-0.05, 0) is 12.1 Å². The average Bonchev–Trinajstić information content (AvgIpc) is 3.23. The molecule has 4 rings (SSSR count). The van der Waals surface area contributed by atoms with E-state index in [9.17, 15) is 0 Å². The molecule has 1 atom stereocenters. The zero-order chi connectivity index (χ0) is 14.9. The topological polar surface area (TPSA) is 62.8 Å². The molecule has 2 N–H and O–H groups in total. The van der Waals surface area contributed by atoms with E-state index in [1.807, 2.05) is 30.5 Å². The molecule has 112 valence electrons. The lowest BCUT2D eigenvalue weighted by atomic mass is 10.1. The van der Waals surface area contributed by atoms with Crippen molar-refractivity contribution in [1.82, 2.24) is 20.3 Å². The second kappa shape index (κ2) is 5.55. The zero-order valence-electron chi connectivity index (χ0n) is 12.2. The third kappa shape index (κ3) is 2.20. The van der Waals surface area contributed by atoms with Crippen molar-refractivity contribution in [2.24, 2.45) is 0 Å². The first-order valence-corrected chi connectivity index (χ1v) is 8.03. The van der Waals surface area contributed by atoms with Crippen LogP contribution >= 0.6 is 11.3 Å². The minimum atomic E-state index is 0.121. The third-order valence-electron chi connectivity index (χ3n) is 3.89. The maximum absolute atomic E-state index is 5.43. The number of hydrogen-bond donors (Lipinski definition) is 2. The summed E-state index contributed by atoms with van der Waals surface area (Å²) in [6, 6.07) is 8.09. The second-order valence-corrected chi connectivity index (χ2v) is 6.23. The SMILES string of the molecule is COc1ccccc1-c1ncc([C@H]2NCCc3[nH]cnc32)s1. The summed E-state index contributed by atoms with van der Waals surface area (Å²) in [5.41, 5.74) is 3.33. The molecule has 3 heterocycles. The molecule has 0 fully saturated rings. The number of ether oxygens (including phenoxy) is 1. The van der Waals surface area contributed by atoms with E-state index in [4.69, 9.17) is 4.74 Å². The fourth-order valence-corrected chi connectivity index (χ4v) is 3.85. The molecular weight excluding hydrogens is 296 g/mol. The Morgan fingerprint density at radius 1 is 1.27 bits per heavy atom. The summed E-state index contributed by atoms with van der Waals surface area (Å²) in [6.45, 7) is 0.946. The Balaban J connectivity index is 1.71. The van der Waals surface area contributed by atoms with Crippen LogP contribution in [0.5, 0.6) is 5.75 Å². The molecule has 0 saturated carbocycles. The average molecular weight is 312 g/mol. The lowest BCUT2D eigenvalue weighted by molar-refractivity contribution is 0.416. The summed E-state index contributed by atoms with van der Waals surface area (Å²) >= 11 is 1.68. The lowest BCUT2D eigenvalue weighted by Crippen LogP contribution is -2.30. The molecule has 22 heavy (non-hydrogen) atoms. The van der Waals surface area contributed by atoms with E-state index < -0.39 is 0 Å². The van der Waals surface area contributed by atoms with Crippen LogP contribution in [0.2, 0.25) is 0 Å². The number of para-hydroxylation sites is 1. The number of imidazole rings is 1. The summed E-state index contributed by atoms with van der Waals surface area (Å²) in [6.07, 6.45) is 4.70. The smallest absolute Gasteiger partial charge is 0.129 e. The van der Waals surface area contributed by atoms with Gasteiger partial charge < -0.3 is 15.0 Å².